The Morgan fingerprint density at radius 2 is 1.88 bits per heavy atom. The molecule has 134 valence electrons. The van der Waals surface area contributed by atoms with E-state index in [0.29, 0.717) is 0 Å². The first kappa shape index (κ1) is 15.6. The largest absolute Gasteiger partial charge is 0.457 e. The van der Waals surface area contributed by atoms with Crippen LogP contribution in [0.1, 0.15) is 27.7 Å². The summed E-state index contributed by atoms with van der Waals surface area (Å²) in [7, 11) is 0. The quantitative estimate of drug-likeness (QED) is 0.566. The summed E-state index contributed by atoms with van der Waals surface area (Å²) in [5, 5.41) is 10.7. The van der Waals surface area contributed by atoms with Crippen LogP contribution < -0.4 is 0 Å². The minimum Gasteiger partial charge on any atom is -0.457 e. The van der Waals surface area contributed by atoms with E-state index in [0.717, 1.165) is 11.1 Å². The Kier molecular flexibility index (Phi) is 2.71. The Balaban J connectivity index is 1.75. The second-order valence-electron chi connectivity index (χ2n) is 8.66. The molecule has 6 nitrogen and oxygen atoms in total. The number of carbonyl (C=O) groups is 2. The highest BCUT2D eigenvalue weighted by Gasteiger charge is 2.78. The number of fused-ring (bicyclic) bond motifs is 4. The summed E-state index contributed by atoms with van der Waals surface area (Å²) in [6.07, 6.45) is 1.17. The van der Waals surface area contributed by atoms with E-state index in [2.05, 4.69) is 0 Å². The van der Waals surface area contributed by atoms with Crippen LogP contribution in [0.3, 0.4) is 0 Å². The highest BCUT2D eigenvalue weighted by Crippen LogP contribution is 2.69. The highest BCUT2D eigenvalue weighted by atomic mass is 16.6. The number of cyclic esters (lactones) is 1. The molecule has 0 amide bonds. The van der Waals surface area contributed by atoms with E-state index >= 15 is 0 Å². The van der Waals surface area contributed by atoms with E-state index in [4.69, 9.17) is 14.2 Å². The number of esters is 2. The Morgan fingerprint density at radius 3 is 2.56 bits per heavy atom. The van der Waals surface area contributed by atoms with Gasteiger partial charge in [-0.3, -0.25) is 4.79 Å². The molecular weight excluding hydrogens is 324 g/mol. The normalized spacial score (nSPS) is 52.4. The van der Waals surface area contributed by atoms with Crippen molar-refractivity contribution in [3.63, 3.8) is 0 Å². The molecule has 1 saturated carbocycles. The van der Waals surface area contributed by atoms with Gasteiger partial charge in [-0.25, -0.2) is 4.79 Å². The third kappa shape index (κ3) is 1.59. The first-order valence-electron chi connectivity index (χ1n) is 8.90. The minimum atomic E-state index is -1.03. The predicted octanol–water partition coefficient (Wildman–Crippen LogP) is 1.13. The predicted molar refractivity (Wildman–Crippen MR) is 85.1 cm³/mol. The van der Waals surface area contributed by atoms with E-state index in [-0.39, 0.29) is 36.0 Å². The Bertz CT molecular complexity index is 766. The van der Waals surface area contributed by atoms with E-state index in [1.807, 2.05) is 26.8 Å². The van der Waals surface area contributed by atoms with Crippen LogP contribution in [0.2, 0.25) is 0 Å². The molecule has 2 aliphatic carbocycles. The van der Waals surface area contributed by atoms with Crippen molar-refractivity contribution in [3.8, 4) is 0 Å². The lowest BCUT2D eigenvalue weighted by atomic mass is 9.48. The standard InChI is InChI=1S/C19H22O6/c1-7(2)12-8-5-10-14-18(3,9(8)6-11(20)24-12)16-13(25-16)15(21)19(14,4)17(22)23-10/h5-7,10,12-16,21H,1-4H3/t10-,12-,13+,14-,15+,16+,18-,19-/m1/s1. The van der Waals surface area contributed by atoms with Gasteiger partial charge < -0.3 is 19.3 Å². The smallest absolute Gasteiger partial charge is 0.331 e. The Hall–Kier alpha value is -1.66. The van der Waals surface area contributed by atoms with Crippen molar-refractivity contribution in [2.45, 2.75) is 58.2 Å². The molecule has 0 unspecified atom stereocenters. The summed E-state index contributed by atoms with van der Waals surface area (Å²) in [4.78, 5) is 24.9. The van der Waals surface area contributed by atoms with Crippen molar-refractivity contribution in [3.05, 3.63) is 23.3 Å². The van der Waals surface area contributed by atoms with Gasteiger partial charge in [-0.05, 0) is 30.1 Å². The van der Waals surface area contributed by atoms with Gasteiger partial charge in [-0.1, -0.05) is 20.8 Å². The minimum absolute atomic E-state index is 0.104. The number of hydrogen-bond donors (Lipinski definition) is 1. The second kappa shape index (κ2) is 4.35. The van der Waals surface area contributed by atoms with E-state index in [1.165, 1.54) is 0 Å². The number of carbonyl (C=O) groups excluding carboxylic acids is 2. The maximum Gasteiger partial charge on any atom is 0.331 e. The van der Waals surface area contributed by atoms with Crippen LogP contribution in [-0.4, -0.2) is 47.6 Å². The molecule has 25 heavy (non-hydrogen) atoms. The Labute approximate surface area is 145 Å². The molecule has 0 aromatic heterocycles. The van der Waals surface area contributed by atoms with Crippen LogP contribution >= 0.6 is 0 Å². The van der Waals surface area contributed by atoms with Gasteiger partial charge in [0.2, 0.25) is 0 Å². The summed E-state index contributed by atoms with van der Waals surface area (Å²) < 4.78 is 17.1. The molecule has 0 spiro atoms. The monoisotopic (exact) mass is 346 g/mol. The summed E-state index contributed by atoms with van der Waals surface area (Å²) in [6, 6.07) is 0. The fraction of sp³-hybridized carbons (Fsp3) is 0.684. The van der Waals surface area contributed by atoms with Crippen LogP contribution in [0.25, 0.3) is 0 Å². The lowest BCUT2D eigenvalue weighted by molar-refractivity contribution is -0.154. The van der Waals surface area contributed by atoms with Crippen LogP contribution in [0.15, 0.2) is 23.3 Å². The summed E-state index contributed by atoms with van der Waals surface area (Å²) in [5.41, 5.74) is 0.203. The molecule has 0 radical (unpaired) electrons. The van der Waals surface area contributed by atoms with Crippen molar-refractivity contribution in [2.75, 3.05) is 0 Å². The van der Waals surface area contributed by atoms with Crippen molar-refractivity contribution < 1.29 is 28.9 Å². The van der Waals surface area contributed by atoms with Crippen LogP contribution in [-0.2, 0) is 23.8 Å². The topological polar surface area (TPSA) is 85.4 Å². The SMILES string of the molecule is CC(C)[C@H]1OC(=O)C=C2C1=C[C@H]1OC(=O)[C@]3(C)[C@H]1[C@]2(C)[C@H]1O[C@H]1[C@@H]3O. The third-order valence-corrected chi connectivity index (χ3v) is 7.00. The molecular formula is C19H22O6. The van der Waals surface area contributed by atoms with Gasteiger partial charge in [0, 0.05) is 17.4 Å². The van der Waals surface area contributed by atoms with Gasteiger partial charge in [0.05, 0.1) is 12.2 Å². The molecule has 0 aromatic rings. The first-order valence-corrected chi connectivity index (χ1v) is 8.90. The van der Waals surface area contributed by atoms with Gasteiger partial charge in [-0.15, -0.1) is 0 Å². The van der Waals surface area contributed by atoms with Gasteiger partial charge in [0.25, 0.3) is 0 Å². The van der Waals surface area contributed by atoms with Crippen molar-refractivity contribution in [1.29, 1.82) is 0 Å². The molecule has 1 N–H and O–H groups in total. The average Bonchev–Trinajstić information content (AvgIpc) is 3.29. The van der Waals surface area contributed by atoms with E-state index < -0.39 is 29.1 Å². The zero-order valence-electron chi connectivity index (χ0n) is 14.7. The van der Waals surface area contributed by atoms with Gasteiger partial charge in [0.15, 0.2) is 0 Å². The number of hydrogen-bond acceptors (Lipinski definition) is 6. The highest BCUT2D eigenvalue weighted by molar-refractivity contribution is 5.88. The third-order valence-electron chi connectivity index (χ3n) is 7.00. The molecule has 5 rings (SSSR count). The molecule has 2 saturated heterocycles. The van der Waals surface area contributed by atoms with Gasteiger partial charge in [-0.2, -0.15) is 0 Å². The summed E-state index contributed by atoms with van der Waals surface area (Å²) >= 11 is 0. The molecule has 8 atom stereocenters. The average molecular weight is 346 g/mol. The zero-order chi connectivity index (χ0) is 17.9. The number of ether oxygens (including phenoxy) is 3. The fourth-order valence-electron chi connectivity index (χ4n) is 5.77. The van der Waals surface area contributed by atoms with Crippen molar-refractivity contribution in [2.24, 2.45) is 22.7 Å². The molecule has 5 aliphatic rings. The van der Waals surface area contributed by atoms with Gasteiger partial charge in [0.1, 0.15) is 23.7 Å². The lowest BCUT2D eigenvalue weighted by Crippen LogP contribution is -2.60. The molecule has 0 bridgehead atoms. The first-order chi connectivity index (χ1) is 11.7. The lowest BCUT2D eigenvalue weighted by Gasteiger charge is -2.52. The molecule has 6 heteroatoms. The van der Waals surface area contributed by atoms with Gasteiger partial charge >= 0.3 is 11.9 Å². The molecule has 3 fully saturated rings. The summed E-state index contributed by atoms with van der Waals surface area (Å²) in [5.74, 6) is -0.909. The van der Waals surface area contributed by atoms with Crippen molar-refractivity contribution in [1.82, 2.24) is 0 Å². The zero-order valence-corrected chi connectivity index (χ0v) is 14.7. The van der Waals surface area contributed by atoms with Crippen LogP contribution in [0.4, 0.5) is 0 Å². The number of epoxide rings is 1. The maximum atomic E-state index is 12.7. The summed E-state index contributed by atoms with van der Waals surface area (Å²) in [6.45, 7) is 7.81. The fourth-order valence-corrected chi connectivity index (χ4v) is 5.77. The van der Waals surface area contributed by atoms with Crippen LogP contribution in [0.5, 0.6) is 0 Å². The number of aliphatic hydroxyl groups is 1. The molecule has 3 heterocycles. The molecule has 0 aromatic carbocycles. The maximum absolute atomic E-state index is 12.7. The van der Waals surface area contributed by atoms with Crippen LogP contribution in [0, 0.1) is 22.7 Å². The van der Waals surface area contributed by atoms with Crippen molar-refractivity contribution >= 4 is 11.9 Å². The number of aliphatic hydroxyl groups excluding tert-OH is 1. The number of rotatable bonds is 1. The van der Waals surface area contributed by atoms with E-state index in [1.54, 1.807) is 13.0 Å². The molecule has 3 aliphatic heterocycles. The Morgan fingerprint density at radius 1 is 1.16 bits per heavy atom. The van der Waals surface area contributed by atoms with E-state index in [9.17, 15) is 14.7 Å². The second-order valence-corrected chi connectivity index (χ2v) is 8.66.